The zero-order valence-electron chi connectivity index (χ0n) is 40.5. The summed E-state index contributed by atoms with van der Waals surface area (Å²) in [6.07, 6.45) is 14.7. The Labute approximate surface area is 395 Å². The fourth-order valence-electron chi connectivity index (χ4n) is 9.05. The van der Waals surface area contributed by atoms with E-state index in [4.69, 9.17) is 24.3 Å². The van der Waals surface area contributed by atoms with Crippen molar-refractivity contribution >= 4 is 11.9 Å². The molecule has 0 aliphatic heterocycles. The second kappa shape index (κ2) is 22.9. The number of hydrogen-bond acceptors (Lipinski definition) is 11. The molecule has 0 spiro atoms. The van der Waals surface area contributed by atoms with Gasteiger partial charge in [-0.2, -0.15) is 0 Å². The summed E-state index contributed by atoms with van der Waals surface area (Å²) in [5, 5.41) is 18.4. The number of aryl methyl sites for hydroxylation is 4. The highest BCUT2D eigenvalue weighted by atomic mass is 16.5. The van der Waals surface area contributed by atoms with Crippen molar-refractivity contribution in [3.63, 3.8) is 0 Å². The first-order valence-corrected chi connectivity index (χ1v) is 23.5. The van der Waals surface area contributed by atoms with Crippen LogP contribution in [0.3, 0.4) is 0 Å². The zero-order chi connectivity index (χ0) is 48.1. The topological polar surface area (TPSA) is 164 Å². The van der Waals surface area contributed by atoms with Gasteiger partial charge in [-0.1, -0.05) is 64.1 Å². The number of phenolic OH excluding ortho intramolecular Hbond substituents is 1. The number of benzene rings is 2. The van der Waals surface area contributed by atoms with E-state index in [1.165, 1.54) is 48.2 Å². The number of aliphatic hydroxyl groups excluding tert-OH is 1. The normalized spacial score (nSPS) is 15.2. The molecule has 13 heteroatoms. The summed E-state index contributed by atoms with van der Waals surface area (Å²) >= 11 is 0. The third kappa shape index (κ3) is 13.2. The maximum absolute atomic E-state index is 12.2. The molecule has 4 heterocycles. The first-order chi connectivity index (χ1) is 32.1. The first kappa shape index (κ1) is 50.1. The Kier molecular flexibility index (Phi) is 17.1. The standard InChI is InChI=1S/C27H33N3O3.C15H18N2O3.C12H17NO/c1-5-32-24(31)17-23(26-28-15-16-30(26)4)19-9-12-22(13-10-19)33-18-21-11-8-20-7-6-14-27(2,3)25(20)29-21;1-3-20-14(19)10-13(15-16-8-9-17(15)2)11-4-6-12(18)7-5-11;1-12(2)7-3-4-9-5-6-10(8-14)13-11(9)12/h8-13,15-16,23H,5-7,14,17-18H2,1-4H3;4-9,13,18H,3,10H2,1-2H3;5-6,14H,3-4,7-8H2,1-2H3/t23-;13-;/m00./s1. The highest BCUT2D eigenvalue weighted by molar-refractivity contribution is 5.71. The molecule has 2 aliphatic carbocycles. The minimum atomic E-state index is -0.256. The van der Waals surface area contributed by atoms with E-state index in [0.29, 0.717) is 19.8 Å². The van der Waals surface area contributed by atoms with E-state index in [2.05, 4.69) is 60.8 Å². The quantitative estimate of drug-likeness (QED) is 0.100. The lowest BCUT2D eigenvalue weighted by atomic mass is 9.76. The first-order valence-electron chi connectivity index (χ1n) is 23.5. The molecule has 0 unspecified atom stereocenters. The Morgan fingerprint density at radius 2 is 1.10 bits per heavy atom. The Balaban J connectivity index is 0.000000184. The molecule has 0 amide bonds. The number of esters is 2. The predicted octanol–water partition coefficient (Wildman–Crippen LogP) is 9.49. The molecule has 0 radical (unpaired) electrons. The van der Waals surface area contributed by atoms with Gasteiger partial charge in [-0.25, -0.2) is 9.97 Å². The van der Waals surface area contributed by atoms with E-state index in [0.717, 1.165) is 52.8 Å². The van der Waals surface area contributed by atoms with Gasteiger partial charge in [-0.15, -0.1) is 0 Å². The van der Waals surface area contributed by atoms with Gasteiger partial charge in [0, 0.05) is 61.1 Å². The molecule has 8 rings (SSSR count). The van der Waals surface area contributed by atoms with E-state index in [-0.39, 0.29) is 59.8 Å². The van der Waals surface area contributed by atoms with Crippen LogP contribution in [-0.4, -0.2) is 64.4 Å². The van der Waals surface area contributed by atoms with Gasteiger partial charge in [-0.3, -0.25) is 19.6 Å². The van der Waals surface area contributed by atoms with Crippen molar-refractivity contribution in [2.24, 2.45) is 14.1 Å². The average Bonchev–Trinajstić information content (AvgIpc) is 3.94. The Morgan fingerprint density at radius 3 is 1.54 bits per heavy atom. The van der Waals surface area contributed by atoms with E-state index < -0.39 is 0 Å². The van der Waals surface area contributed by atoms with E-state index in [1.807, 2.05) is 72.9 Å². The second-order valence-electron chi connectivity index (χ2n) is 18.6. The van der Waals surface area contributed by atoms with Gasteiger partial charge >= 0.3 is 11.9 Å². The molecule has 4 aromatic heterocycles. The number of hydrogen-bond donors (Lipinski definition) is 2. The molecule has 0 saturated carbocycles. The van der Waals surface area contributed by atoms with Crippen molar-refractivity contribution in [2.75, 3.05) is 13.2 Å². The van der Waals surface area contributed by atoms with Crippen LogP contribution in [0.5, 0.6) is 11.5 Å². The molecule has 67 heavy (non-hydrogen) atoms. The summed E-state index contributed by atoms with van der Waals surface area (Å²) in [7, 11) is 3.83. The number of pyridine rings is 2. The Hall–Kier alpha value is -6.34. The van der Waals surface area contributed by atoms with Gasteiger partial charge in [0.1, 0.15) is 29.8 Å². The minimum absolute atomic E-state index is 0.0450. The predicted molar refractivity (Wildman–Crippen MR) is 258 cm³/mol. The number of carbonyl (C=O) groups excluding carboxylic acids is 2. The molecule has 2 atom stereocenters. The molecule has 2 aliphatic rings. The lowest BCUT2D eigenvalue weighted by Crippen LogP contribution is -2.26. The van der Waals surface area contributed by atoms with Crippen molar-refractivity contribution in [3.05, 3.63) is 154 Å². The van der Waals surface area contributed by atoms with Crippen LogP contribution in [0.4, 0.5) is 0 Å². The summed E-state index contributed by atoms with van der Waals surface area (Å²) in [5.41, 5.74) is 9.07. The Morgan fingerprint density at radius 1 is 0.657 bits per heavy atom. The van der Waals surface area contributed by atoms with Crippen LogP contribution in [-0.2, 0) is 70.0 Å². The van der Waals surface area contributed by atoms with E-state index in [9.17, 15) is 14.7 Å². The van der Waals surface area contributed by atoms with Crippen molar-refractivity contribution in [3.8, 4) is 11.5 Å². The van der Waals surface area contributed by atoms with E-state index >= 15 is 0 Å². The summed E-state index contributed by atoms with van der Waals surface area (Å²) in [6, 6.07) is 23.0. The third-order valence-electron chi connectivity index (χ3n) is 12.7. The van der Waals surface area contributed by atoms with Crippen LogP contribution in [0.25, 0.3) is 0 Å². The summed E-state index contributed by atoms with van der Waals surface area (Å²) in [6.45, 7) is 13.8. The maximum atomic E-state index is 12.2. The van der Waals surface area contributed by atoms with Crippen LogP contribution in [0, 0.1) is 0 Å². The summed E-state index contributed by atoms with van der Waals surface area (Å²) in [5.74, 6) is 1.75. The van der Waals surface area contributed by atoms with Gasteiger partial charge in [0.15, 0.2) is 0 Å². The number of phenols is 1. The molecular formula is C54H68N6O7. The summed E-state index contributed by atoms with van der Waals surface area (Å²) < 4.78 is 20.1. The molecule has 0 saturated heterocycles. The van der Waals surface area contributed by atoms with Gasteiger partial charge < -0.3 is 33.6 Å². The third-order valence-corrected chi connectivity index (χ3v) is 12.7. The molecule has 0 fully saturated rings. The van der Waals surface area contributed by atoms with Gasteiger partial charge in [0.2, 0.25) is 0 Å². The highest BCUT2D eigenvalue weighted by Crippen LogP contribution is 2.37. The van der Waals surface area contributed by atoms with Crippen LogP contribution in [0.1, 0.15) is 149 Å². The van der Waals surface area contributed by atoms with Crippen LogP contribution in [0.15, 0.2) is 97.6 Å². The molecule has 2 aromatic carbocycles. The largest absolute Gasteiger partial charge is 0.508 e. The van der Waals surface area contributed by atoms with Gasteiger partial charge in [0.25, 0.3) is 0 Å². The molecule has 6 aromatic rings. The smallest absolute Gasteiger partial charge is 0.306 e. The summed E-state index contributed by atoms with van der Waals surface area (Å²) in [4.78, 5) is 42.3. The van der Waals surface area contributed by atoms with Gasteiger partial charge in [-0.05, 0) is 111 Å². The fraction of sp³-hybridized carbons (Fsp3) is 0.444. The number of aromatic hydroxyl groups is 1. The monoisotopic (exact) mass is 913 g/mol. The molecule has 0 bridgehead atoms. The van der Waals surface area contributed by atoms with Crippen LogP contribution < -0.4 is 4.74 Å². The molecule has 13 nitrogen and oxygen atoms in total. The average molecular weight is 913 g/mol. The number of aliphatic hydroxyl groups is 1. The van der Waals surface area contributed by atoms with Crippen molar-refractivity contribution in [2.45, 2.75) is 129 Å². The minimum Gasteiger partial charge on any atom is -0.508 e. The lowest BCUT2D eigenvalue weighted by Gasteiger charge is -2.31. The second-order valence-corrected chi connectivity index (χ2v) is 18.6. The zero-order valence-corrected chi connectivity index (χ0v) is 40.5. The van der Waals surface area contributed by atoms with Crippen LogP contribution >= 0.6 is 0 Å². The van der Waals surface area contributed by atoms with Crippen LogP contribution in [0.2, 0.25) is 0 Å². The van der Waals surface area contributed by atoms with Crippen molar-refractivity contribution in [1.82, 2.24) is 29.1 Å². The number of ether oxygens (including phenoxy) is 3. The molecule has 2 N–H and O–H groups in total. The number of fused-ring (bicyclic) bond motifs is 2. The number of rotatable bonds is 14. The van der Waals surface area contributed by atoms with Gasteiger partial charge in [0.05, 0.1) is 55.9 Å². The SMILES string of the molecule is CC1(C)CCCc2ccc(CO)nc21.CCOC(=O)C[C@@H](c1ccc(O)cc1)c1nccn1C.CCOC(=O)C[C@@H](c1ccc(OCc2ccc3c(n2)C(C)(C)CCC3)cc1)c1nccn1C. The van der Waals surface area contributed by atoms with Crippen molar-refractivity contribution < 1.29 is 34.0 Å². The molecule has 356 valence electrons. The maximum Gasteiger partial charge on any atom is 0.306 e. The fourth-order valence-corrected chi connectivity index (χ4v) is 9.05. The molecular weight excluding hydrogens is 845 g/mol. The highest BCUT2D eigenvalue weighted by Gasteiger charge is 2.30. The van der Waals surface area contributed by atoms with Crippen molar-refractivity contribution in [1.29, 1.82) is 0 Å². The number of aromatic nitrogens is 6. The number of imidazole rings is 2. The number of carbonyl (C=O) groups is 2. The Bertz CT molecular complexity index is 2540. The van der Waals surface area contributed by atoms with E-state index in [1.54, 1.807) is 43.6 Å². The number of nitrogens with zero attached hydrogens (tertiary/aromatic N) is 6. The lowest BCUT2D eigenvalue weighted by molar-refractivity contribution is -0.144.